The number of phenols is 1. The number of carboxylic acid groups (broad SMARTS) is 1. The Morgan fingerprint density at radius 2 is 2.09 bits per heavy atom. The molecule has 0 spiro atoms. The summed E-state index contributed by atoms with van der Waals surface area (Å²) in [7, 11) is 0. The standard InChI is InChI=1S/C16H10N2O3S/c17-6-11-7-18(8-14(11)10-3-4-22-9-10)12-1-2-13(16(20)21)15(19)5-12/h1-5,7-9,19H,(H,20,21). The van der Waals surface area contributed by atoms with Gasteiger partial charge in [0.2, 0.25) is 0 Å². The van der Waals surface area contributed by atoms with E-state index < -0.39 is 5.97 Å². The molecule has 0 saturated heterocycles. The van der Waals surface area contributed by atoms with Gasteiger partial charge in [-0.15, -0.1) is 0 Å². The first-order valence-electron chi connectivity index (χ1n) is 6.31. The molecule has 0 amide bonds. The second kappa shape index (κ2) is 5.39. The number of rotatable bonds is 3. The SMILES string of the molecule is N#Cc1cn(-c2ccc(C(=O)O)c(O)c2)cc1-c1ccsc1. The summed E-state index contributed by atoms with van der Waals surface area (Å²) in [5.41, 5.74) is 2.69. The smallest absolute Gasteiger partial charge is 0.339 e. The third kappa shape index (κ3) is 2.34. The Kier molecular flexibility index (Phi) is 3.41. The van der Waals surface area contributed by atoms with Gasteiger partial charge in [-0.1, -0.05) is 0 Å². The zero-order valence-corrected chi connectivity index (χ0v) is 12.0. The lowest BCUT2D eigenvalue weighted by Gasteiger charge is -2.05. The fourth-order valence-electron chi connectivity index (χ4n) is 2.20. The molecule has 108 valence electrons. The third-order valence-electron chi connectivity index (χ3n) is 3.29. The van der Waals surface area contributed by atoms with Crippen molar-refractivity contribution in [1.29, 1.82) is 5.26 Å². The minimum absolute atomic E-state index is 0.158. The monoisotopic (exact) mass is 310 g/mol. The van der Waals surface area contributed by atoms with E-state index in [1.165, 1.54) is 12.1 Å². The molecule has 22 heavy (non-hydrogen) atoms. The van der Waals surface area contributed by atoms with E-state index in [1.807, 2.05) is 16.8 Å². The summed E-state index contributed by atoms with van der Waals surface area (Å²) in [5, 5.41) is 31.9. The van der Waals surface area contributed by atoms with Crippen LogP contribution in [0.25, 0.3) is 16.8 Å². The summed E-state index contributed by atoms with van der Waals surface area (Å²) in [6, 6.07) is 8.36. The summed E-state index contributed by atoms with van der Waals surface area (Å²) < 4.78 is 1.69. The Morgan fingerprint density at radius 1 is 1.27 bits per heavy atom. The van der Waals surface area contributed by atoms with Crippen LogP contribution < -0.4 is 0 Å². The number of nitrogens with zero attached hydrogens (tertiary/aromatic N) is 2. The number of thiophene rings is 1. The van der Waals surface area contributed by atoms with Crippen LogP contribution in [0.2, 0.25) is 0 Å². The molecule has 3 aromatic rings. The van der Waals surface area contributed by atoms with Crippen molar-refractivity contribution in [3.8, 4) is 28.6 Å². The molecule has 0 aliphatic rings. The van der Waals surface area contributed by atoms with E-state index in [0.29, 0.717) is 11.3 Å². The van der Waals surface area contributed by atoms with Crippen molar-refractivity contribution >= 4 is 17.3 Å². The first-order chi connectivity index (χ1) is 10.6. The van der Waals surface area contributed by atoms with E-state index in [4.69, 9.17) is 5.11 Å². The maximum atomic E-state index is 10.9. The normalized spacial score (nSPS) is 10.3. The molecule has 0 aliphatic heterocycles. The minimum atomic E-state index is -1.19. The topological polar surface area (TPSA) is 86.2 Å². The number of benzene rings is 1. The van der Waals surface area contributed by atoms with Gasteiger partial charge in [0.1, 0.15) is 17.4 Å². The van der Waals surface area contributed by atoms with Gasteiger partial charge in [-0.3, -0.25) is 0 Å². The van der Waals surface area contributed by atoms with Gasteiger partial charge >= 0.3 is 5.97 Å². The molecular weight excluding hydrogens is 300 g/mol. The van der Waals surface area contributed by atoms with Crippen LogP contribution in [0.5, 0.6) is 5.75 Å². The van der Waals surface area contributed by atoms with Gasteiger partial charge in [0, 0.05) is 29.7 Å². The lowest BCUT2D eigenvalue weighted by atomic mass is 10.1. The number of aromatic carboxylic acids is 1. The summed E-state index contributed by atoms with van der Waals surface area (Å²) in [4.78, 5) is 10.9. The second-order valence-corrected chi connectivity index (χ2v) is 5.40. The van der Waals surface area contributed by atoms with Gasteiger partial charge in [-0.2, -0.15) is 16.6 Å². The van der Waals surface area contributed by atoms with Crippen molar-refractivity contribution in [1.82, 2.24) is 4.57 Å². The Morgan fingerprint density at radius 3 is 2.68 bits per heavy atom. The molecule has 0 saturated carbocycles. The Balaban J connectivity index is 2.08. The minimum Gasteiger partial charge on any atom is -0.507 e. The molecule has 2 N–H and O–H groups in total. The van der Waals surface area contributed by atoms with Gasteiger partial charge in [-0.05, 0) is 34.5 Å². The van der Waals surface area contributed by atoms with Crippen LogP contribution in [0.4, 0.5) is 0 Å². The fraction of sp³-hybridized carbons (Fsp3) is 0. The molecule has 3 rings (SSSR count). The highest BCUT2D eigenvalue weighted by Gasteiger charge is 2.13. The maximum Gasteiger partial charge on any atom is 0.339 e. The van der Waals surface area contributed by atoms with Gasteiger partial charge < -0.3 is 14.8 Å². The van der Waals surface area contributed by atoms with E-state index in [-0.39, 0.29) is 11.3 Å². The molecule has 0 unspecified atom stereocenters. The molecule has 0 bridgehead atoms. The summed E-state index contributed by atoms with van der Waals surface area (Å²) in [6.45, 7) is 0. The number of aromatic hydroxyl groups is 1. The highest BCUT2D eigenvalue weighted by atomic mass is 32.1. The summed E-state index contributed by atoms with van der Waals surface area (Å²) >= 11 is 1.54. The number of carbonyl (C=O) groups is 1. The zero-order valence-electron chi connectivity index (χ0n) is 11.2. The molecule has 0 aliphatic carbocycles. The molecule has 0 fully saturated rings. The van der Waals surface area contributed by atoms with Crippen LogP contribution in [-0.2, 0) is 0 Å². The highest BCUT2D eigenvalue weighted by Crippen LogP contribution is 2.29. The molecule has 2 aromatic heterocycles. The highest BCUT2D eigenvalue weighted by molar-refractivity contribution is 7.08. The van der Waals surface area contributed by atoms with E-state index >= 15 is 0 Å². The number of carboxylic acids is 1. The molecular formula is C16H10N2O3S. The van der Waals surface area contributed by atoms with Crippen LogP contribution in [0.1, 0.15) is 15.9 Å². The molecule has 6 heteroatoms. The van der Waals surface area contributed by atoms with E-state index in [2.05, 4.69) is 6.07 Å². The van der Waals surface area contributed by atoms with Crippen molar-refractivity contribution in [3.05, 3.63) is 58.5 Å². The second-order valence-electron chi connectivity index (χ2n) is 4.62. The van der Waals surface area contributed by atoms with Gasteiger partial charge in [0.05, 0.1) is 5.56 Å². The maximum absolute atomic E-state index is 10.9. The predicted octanol–water partition coefficient (Wildman–Crippen LogP) is 3.48. The molecule has 1 aromatic carbocycles. The lowest BCUT2D eigenvalue weighted by molar-refractivity contribution is 0.0694. The van der Waals surface area contributed by atoms with Gasteiger partial charge in [0.25, 0.3) is 0 Å². The average Bonchev–Trinajstić information content (AvgIpc) is 3.15. The fourth-order valence-corrected chi connectivity index (χ4v) is 2.86. The average molecular weight is 310 g/mol. The first-order valence-corrected chi connectivity index (χ1v) is 7.26. The van der Waals surface area contributed by atoms with Crippen LogP contribution in [-0.4, -0.2) is 20.7 Å². The number of hydrogen-bond donors (Lipinski definition) is 2. The summed E-state index contributed by atoms with van der Waals surface area (Å²) in [5.74, 6) is -1.50. The van der Waals surface area contributed by atoms with Crippen LogP contribution in [0.15, 0.2) is 47.4 Å². The van der Waals surface area contributed by atoms with E-state index in [0.717, 1.165) is 11.1 Å². The molecule has 5 nitrogen and oxygen atoms in total. The number of nitriles is 1. The van der Waals surface area contributed by atoms with Crippen molar-refractivity contribution in [3.63, 3.8) is 0 Å². The van der Waals surface area contributed by atoms with E-state index in [1.54, 1.807) is 34.4 Å². The zero-order chi connectivity index (χ0) is 15.7. The van der Waals surface area contributed by atoms with Crippen LogP contribution in [0.3, 0.4) is 0 Å². The van der Waals surface area contributed by atoms with Crippen molar-refractivity contribution in [2.24, 2.45) is 0 Å². The quantitative estimate of drug-likeness (QED) is 0.775. The van der Waals surface area contributed by atoms with Crippen LogP contribution >= 0.6 is 11.3 Å². The van der Waals surface area contributed by atoms with Gasteiger partial charge in [-0.25, -0.2) is 4.79 Å². The largest absolute Gasteiger partial charge is 0.507 e. The van der Waals surface area contributed by atoms with Crippen molar-refractivity contribution < 1.29 is 15.0 Å². The first kappa shape index (κ1) is 13.9. The molecule has 0 radical (unpaired) electrons. The van der Waals surface area contributed by atoms with Crippen molar-refractivity contribution in [2.45, 2.75) is 0 Å². The van der Waals surface area contributed by atoms with E-state index in [9.17, 15) is 15.2 Å². The summed E-state index contributed by atoms with van der Waals surface area (Å²) in [6.07, 6.45) is 3.44. The Labute approximate surface area is 129 Å². The number of hydrogen-bond acceptors (Lipinski definition) is 4. The third-order valence-corrected chi connectivity index (χ3v) is 3.97. The van der Waals surface area contributed by atoms with Crippen LogP contribution in [0, 0.1) is 11.3 Å². The van der Waals surface area contributed by atoms with Gasteiger partial charge in [0.15, 0.2) is 0 Å². The Hall–Kier alpha value is -3.04. The predicted molar refractivity (Wildman–Crippen MR) is 82.4 cm³/mol. The molecule has 2 heterocycles. The number of aromatic nitrogens is 1. The lowest BCUT2D eigenvalue weighted by Crippen LogP contribution is -1.98. The van der Waals surface area contributed by atoms with Crippen molar-refractivity contribution in [2.75, 3.05) is 0 Å². The molecule has 0 atom stereocenters. The Bertz CT molecular complexity index is 889.